The molecule has 0 unspecified atom stereocenters. The van der Waals surface area contributed by atoms with E-state index in [2.05, 4.69) is 0 Å². The predicted molar refractivity (Wildman–Crippen MR) is 82.8 cm³/mol. The molecule has 0 aromatic heterocycles. The predicted octanol–water partition coefficient (Wildman–Crippen LogP) is 4.68. The van der Waals surface area contributed by atoms with Gasteiger partial charge in [0.25, 0.3) is 0 Å². The monoisotopic (exact) mass is 294 g/mol. The molecule has 0 aliphatic rings. The first-order chi connectivity index (χ1) is 10.7. The molecule has 0 bridgehead atoms. The van der Waals surface area contributed by atoms with Crippen LogP contribution in [0.5, 0.6) is 34.5 Å². The van der Waals surface area contributed by atoms with Crippen molar-refractivity contribution in [2.75, 3.05) is 0 Å². The summed E-state index contributed by atoms with van der Waals surface area (Å²) in [6.45, 7) is 0. The molecule has 0 saturated carbocycles. The van der Waals surface area contributed by atoms with Gasteiger partial charge in [0, 0.05) is 0 Å². The summed E-state index contributed by atoms with van der Waals surface area (Å²) in [6.07, 6.45) is 0. The van der Waals surface area contributed by atoms with Crippen molar-refractivity contribution < 1.29 is 19.7 Å². The Balaban J connectivity index is 1.91. The van der Waals surface area contributed by atoms with E-state index in [1.165, 1.54) is 0 Å². The van der Waals surface area contributed by atoms with Gasteiger partial charge in [-0.25, -0.2) is 0 Å². The molecular weight excluding hydrogens is 280 g/mol. The van der Waals surface area contributed by atoms with Crippen molar-refractivity contribution in [1.82, 2.24) is 0 Å². The molecule has 0 spiro atoms. The van der Waals surface area contributed by atoms with E-state index < -0.39 is 0 Å². The van der Waals surface area contributed by atoms with Gasteiger partial charge in [0.05, 0.1) is 0 Å². The zero-order valence-electron chi connectivity index (χ0n) is 11.6. The van der Waals surface area contributed by atoms with E-state index in [4.69, 9.17) is 9.47 Å². The lowest BCUT2D eigenvalue weighted by atomic mass is 10.3. The molecular formula is C18H14O4. The molecule has 3 aromatic carbocycles. The van der Waals surface area contributed by atoms with Crippen molar-refractivity contribution in [3.63, 3.8) is 0 Å². The number of ether oxygens (including phenoxy) is 2. The molecule has 0 aliphatic heterocycles. The van der Waals surface area contributed by atoms with Gasteiger partial charge in [-0.15, -0.1) is 0 Å². The fourth-order valence-corrected chi connectivity index (χ4v) is 1.94. The standard InChI is InChI=1S/C18H14O4/c19-13-7-1-3-9-15(13)21-17-11-5-6-12-18(17)22-16-10-4-2-8-14(16)20/h1-12,19-20H. The lowest BCUT2D eigenvalue weighted by molar-refractivity contribution is 0.376. The molecule has 0 saturated heterocycles. The molecule has 4 heteroatoms. The first-order valence-corrected chi connectivity index (χ1v) is 6.75. The fraction of sp³-hybridized carbons (Fsp3) is 0. The molecule has 0 heterocycles. The normalized spacial score (nSPS) is 10.2. The van der Waals surface area contributed by atoms with Gasteiger partial charge in [-0.3, -0.25) is 0 Å². The summed E-state index contributed by atoms with van der Waals surface area (Å²) in [5.74, 6) is 1.62. The van der Waals surface area contributed by atoms with Gasteiger partial charge in [-0.1, -0.05) is 36.4 Å². The molecule has 22 heavy (non-hydrogen) atoms. The summed E-state index contributed by atoms with van der Waals surface area (Å²) in [5.41, 5.74) is 0. The Labute approximate surface area is 127 Å². The third-order valence-electron chi connectivity index (χ3n) is 3.02. The molecule has 0 aliphatic carbocycles. The maximum absolute atomic E-state index is 9.79. The number of phenols is 2. The minimum Gasteiger partial charge on any atom is -0.504 e. The van der Waals surface area contributed by atoms with Crippen molar-refractivity contribution in [3.05, 3.63) is 72.8 Å². The van der Waals surface area contributed by atoms with E-state index in [-0.39, 0.29) is 11.5 Å². The number of aromatic hydroxyl groups is 2. The zero-order valence-corrected chi connectivity index (χ0v) is 11.6. The van der Waals surface area contributed by atoms with Crippen LogP contribution in [0.2, 0.25) is 0 Å². The SMILES string of the molecule is Oc1ccccc1Oc1ccccc1Oc1ccccc1O. The minimum atomic E-state index is 0.0415. The van der Waals surface area contributed by atoms with Crippen LogP contribution in [-0.2, 0) is 0 Å². The fourth-order valence-electron chi connectivity index (χ4n) is 1.94. The van der Waals surface area contributed by atoms with Gasteiger partial charge >= 0.3 is 0 Å². The van der Waals surface area contributed by atoms with Crippen LogP contribution in [0.4, 0.5) is 0 Å². The highest BCUT2D eigenvalue weighted by Gasteiger charge is 2.10. The van der Waals surface area contributed by atoms with Crippen LogP contribution in [0.3, 0.4) is 0 Å². The lowest BCUT2D eigenvalue weighted by Gasteiger charge is -2.13. The number of hydrogen-bond donors (Lipinski definition) is 2. The van der Waals surface area contributed by atoms with E-state index in [9.17, 15) is 10.2 Å². The van der Waals surface area contributed by atoms with Crippen LogP contribution < -0.4 is 9.47 Å². The molecule has 3 rings (SSSR count). The Bertz CT molecular complexity index is 717. The molecule has 0 fully saturated rings. The maximum Gasteiger partial charge on any atom is 0.170 e. The quantitative estimate of drug-likeness (QED) is 0.733. The number of rotatable bonds is 4. The highest BCUT2D eigenvalue weighted by molar-refractivity contribution is 5.49. The second-order valence-corrected chi connectivity index (χ2v) is 4.59. The molecule has 3 aromatic rings. The van der Waals surface area contributed by atoms with Gasteiger partial charge < -0.3 is 19.7 Å². The summed E-state index contributed by atoms with van der Waals surface area (Å²) in [7, 11) is 0. The smallest absolute Gasteiger partial charge is 0.170 e. The Morgan fingerprint density at radius 3 is 1.14 bits per heavy atom. The van der Waals surface area contributed by atoms with Gasteiger partial charge in [0.2, 0.25) is 0 Å². The highest BCUT2D eigenvalue weighted by Crippen LogP contribution is 2.39. The third-order valence-corrected chi connectivity index (χ3v) is 3.02. The first kappa shape index (κ1) is 13.8. The van der Waals surface area contributed by atoms with Crippen molar-refractivity contribution >= 4 is 0 Å². The van der Waals surface area contributed by atoms with Crippen molar-refractivity contribution in [2.24, 2.45) is 0 Å². The van der Waals surface area contributed by atoms with Crippen molar-refractivity contribution in [2.45, 2.75) is 0 Å². The molecule has 110 valence electrons. The average molecular weight is 294 g/mol. The van der Waals surface area contributed by atoms with Crippen LogP contribution in [0.1, 0.15) is 0 Å². The Morgan fingerprint density at radius 2 is 0.773 bits per heavy atom. The summed E-state index contributed by atoms with van der Waals surface area (Å²) in [6, 6.07) is 20.4. The van der Waals surface area contributed by atoms with Crippen LogP contribution in [0.15, 0.2) is 72.8 Å². The topological polar surface area (TPSA) is 58.9 Å². The second-order valence-electron chi connectivity index (χ2n) is 4.59. The zero-order chi connectivity index (χ0) is 15.4. The number of benzene rings is 3. The van der Waals surface area contributed by atoms with E-state index in [0.717, 1.165) is 0 Å². The number of hydrogen-bond acceptors (Lipinski definition) is 4. The number of phenolic OH excluding ortho intramolecular Hbond substituents is 2. The van der Waals surface area contributed by atoms with Gasteiger partial charge in [-0.05, 0) is 36.4 Å². The van der Waals surface area contributed by atoms with Crippen LogP contribution in [-0.4, -0.2) is 10.2 Å². The highest BCUT2D eigenvalue weighted by atomic mass is 16.5. The second kappa shape index (κ2) is 6.10. The van der Waals surface area contributed by atoms with Crippen LogP contribution in [0.25, 0.3) is 0 Å². The summed E-state index contributed by atoms with van der Waals surface area (Å²) >= 11 is 0. The Kier molecular flexibility index (Phi) is 3.83. The summed E-state index contributed by atoms with van der Waals surface area (Å²) in [5, 5.41) is 19.6. The van der Waals surface area contributed by atoms with Gasteiger partial charge in [0.15, 0.2) is 34.5 Å². The molecule has 0 amide bonds. The number of para-hydroxylation sites is 6. The van der Waals surface area contributed by atoms with E-state index >= 15 is 0 Å². The third kappa shape index (κ3) is 2.96. The lowest BCUT2D eigenvalue weighted by Crippen LogP contribution is -1.90. The molecule has 4 nitrogen and oxygen atoms in total. The first-order valence-electron chi connectivity index (χ1n) is 6.75. The largest absolute Gasteiger partial charge is 0.504 e. The molecule has 0 atom stereocenters. The van der Waals surface area contributed by atoms with Crippen molar-refractivity contribution in [1.29, 1.82) is 0 Å². The van der Waals surface area contributed by atoms with Gasteiger partial charge in [0.1, 0.15) is 0 Å². The van der Waals surface area contributed by atoms with Gasteiger partial charge in [-0.2, -0.15) is 0 Å². The van der Waals surface area contributed by atoms with Crippen LogP contribution in [0, 0.1) is 0 Å². The summed E-state index contributed by atoms with van der Waals surface area (Å²) < 4.78 is 11.4. The van der Waals surface area contributed by atoms with Crippen molar-refractivity contribution in [3.8, 4) is 34.5 Å². The Hall–Kier alpha value is -3.14. The van der Waals surface area contributed by atoms with E-state index in [0.29, 0.717) is 23.0 Å². The van der Waals surface area contributed by atoms with E-state index in [1.54, 1.807) is 72.8 Å². The maximum atomic E-state index is 9.79. The molecule has 2 N–H and O–H groups in total. The minimum absolute atomic E-state index is 0.0415. The van der Waals surface area contributed by atoms with E-state index in [1.807, 2.05) is 0 Å². The Morgan fingerprint density at radius 1 is 0.455 bits per heavy atom. The molecule has 0 radical (unpaired) electrons. The average Bonchev–Trinajstić information content (AvgIpc) is 2.53. The van der Waals surface area contributed by atoms with Crippen LogP contribution >= 0.6 is 0 Å². The summed E-state index contributed by atoms with van der Waals surface area (Å²) in [4.78, 5) is 0.